The van der Waals surface area contributed by atoms with Crippen molar-refractivity contribution >= 4 is 31.9 Å². The van der Waals surface area contributed by atoms with Gasteiger partial charge in [-0.3, -0.25) is 0 Å². The van der Waals surface area contributed by atoms with Crippen LogP contribution in [-0.4, -0.2) is 7.11 Å². The van der Waals surface area contributed by atoms with Crippen LogP contribution in [-0.2, 0) is 6.42 Å². The highest BCUT2D eigenvalue weighted by atomic mass is 79.9. The van der Waals surface area contributed by atoms with Gasteiger partial charge in [0.05, 0.1) is 7.11 Å². The van der Waals surface area contributed by atoms with Gasteiger partial charge in [0, 0.05) is 9.30 Å². The van der Waals surface area contributed by atoms with Crippen LogP contribution < -0.4 is 4.74 Å². The lowest BCUT2D eigenvalue weighted by atomic mass is 10.00. The molecule has 2 rings (SSSR count). The first-order chi connectivity index (χ1) is 9.11. The normalized spacial score (nSPS) is 12.2. The van der Waals surface area contributed by atoms with E-state index in [0.717, 1.165) is 16.6 Å². The van der Waals surface area contributed by atoms with Crippen molar-refractivity contribution in [1.82, 2.24) is 0 Å². The Labute approximate surface area is 131 Å². The minimum atomic E-state index is 0.289. The van der Waals surface area contributed by atoms with Crippen molar-refractivity contribution in [3.05, 3.63) is 63.6 Å². The summed E-state index contributed by atoms with van der Waals surface area (Å²) in [6, 6.07) is 14.5. The van der Waals surface area contributed by atoms with Crippen LogP contribution in [0.15, 0.2) is 46.9 Å². The Balaban J connectivity index is 2.23. The van der Waals surface area contributed by atoms with Crippen LogP contribution in [0.3, 0.4) is 0 Å². The van der Waals surface area contributed by atoms with Gasteiger partial charge in [-0.05, 0) is 48.2 Å². The third-order valence-corrected chi connectivity index (χ3v) is 4.47. The molecule has 1 unspecified atom stereocenters. The molecular weight excluding hydrogens is 368 g/mol. The maximum Gasteiger partial charge on any atom is 0.122 e. The smallest absolute Gasteiger partial charge is 0.122 e. The van der Waals surface area contributed by atoms with Gasteiger partial charge in [-0.25, -0.2) is 0 Å². The van der Waals surface area contributed by atoms with Gasteiger partial charge < -0.3 is 4.74 Å². The molecule has 0 amide bonds. The molecule has 0 radical (unpaired) electrons. The Bertz CT molecular complexity index is 566. The third kappa shape index (κ3) is 3.61. The van der Waals surface area contributed by atoms with Gasteiger partial charge in [0.15, 0.2) is 0 Å². The van der Waals surface area contributed by atoms with E-state index in [2.05, 4.69) is 63.0 Å². The highest BCUT2D eigenvalue weighted by Crippen LogP contribution is 2.33. The van der Waals surface area contributed by atoms with E-state index >= 15 is 0 Å². The van der Waals surface area contributed by atoms with Crippen molar-refractivity contribution < 1.29 is 4.74 Å². The molecule has 0 fully saturated rings. The quantitative estimate of drug-likeness (QED) is 0.638. The van der Waals surface area contributed by atoms with Crippen molar-refractivity contribution in [2.45, 2.75) is 18.2 Å². The molecule has 1 nitrogen and oxygen atoms in total. The van der Waals surface area contributed by atoms with E-state index in [1.807, 2.05) is 18.2 Å². The van der Waals surface area contributed by atoms with E-state index in [4.69, 9.17) is 4.74 Å². The summed E-state index contributed by atoms with van der Waals surface area (Å²) in [5.74, 6) is 0.946. The summed E-state index contributed by atoms with van der Waals surface area (Å²) in [5, 5.41) is 0. The molecule has 0 aliphatic carbocycles. The molecule has 0 N–H and O–H groups in total. The molecular formula is C16H16Br2O. The maximum atomic E-state index is 5.40. The van der Waals surface area contributed by atoms with Gasteiger partial charge in [0.2, 0.25) is 0 Å². The molecule has 19 heavy (non-hydrogen) atoms. The molecule has 0 heterocycles. The molecule has 0 saturated carbocycles. The van der Waals surface area contributed by atoms with E-state index in [0.29, 0.717) is 0 Å². The zero-order chi connectivity index (χ0) is 13.8. The molecule has 100 valence electrons. The molecule has 0 aromatic heterocycles. The predicted octanol–water partition coefficient (Wildman–Crippen LogP) is 5.44. The second-order valence-corrected chi connectivity index (χ2v) is 6.51. The standard InChI is InChI=1S/C16H16Br2O/c1-11-9-13(17)7-8-14(11)15(18)10-12-5-3-4-6-16(12)19-2/h3-9,15H,10H2,1-2H3. The van der Waals surface area contributed by atoms with E-state index in [1.54, 1.807) is 7.11 Å². The molecule has 0 aliphatic rings. The first-order valence-electron chi connectivity index (χ1n) is 6.14. The lowest BCUT2D eigenvalue weighted by Gasteiger charge is -2.15. The lowest BCUT2D eigenvalue weighted by Crippen LogP contribution is -2.00. The third-order valence-electron chi connectivity index (χ3n) is 3.16. The van der Waals surface area contributed by atoms with Crippen LogP contribution >= 0.6 is 31.9 Å². The largest absolute Gasteiger partial charge is 0.496 e. The van der Waals surface area contributed by atoms with Crippen molar-refractivity contribution in [3.8, 4) is 5.75 Å². The minimum Gasteiger partial charge on any atom is -0.496 e. The van der Waals surface area contributed by atoms with Crippen molar-refractivity contribution in [1.29, 1.82) is 0 Å². The van der Waals surface area contributed by atoms with E-state index in [1.165, 1.54) is 16.7 Å². The van der Waals surface area contributed by atoms with Crippen molar-refractivity contribution in [2.24, 2.45) is 0 Å². The zero-order valence-electron chi connectivity index (χ0n) is 11.0. The molecule has 2 aromatic carbocycles. The molecule has 0 spiro atoms. The van der Waals surface area contributed by atoms with Gasteiger partial charge in [0.25, 0.3) is 0 Å². The fourth-order valence-electron chi connectivity index (χ4n) is 2.17. The average molecular weight is 384 g/mol. The summed E-state index contributed by atoms with van der Waals surface area (Å²) >= 11 is 7.29. The minimum absolute atomic E-state index is 0.289. The lowest BCUT2D eigenvalue weighted by molar-refractivity contribution is 0.409. The summed E-state index contributed by atoms with van der Waals surface area (Å²) in [6.45, 7) is 2.14. The van der Waals surface area contributed by atoms with Gasteiger partial charge in [-0.1, -0.05) is 56.1 Å². The number of rotatable bonds is 4. The van der Waals surface area contributed by atoms with Crippen LogP contribution in [0.4, 0.5) is 0 Å². The topological polar surface area (TPSA) is 9.23 Å². The Kier molecular flexibility index (Phi) is 5.06. The van der Waals surface area contributed by atoms with Crippen LogP contribution in [0.1, 0.15) is 21.5 Å². The first kappa shape index (κ1) is 14.6. The summed E-state index contributed by atoms with van der Waals surface area (Å²) in [7, 11) is 1.72. The number of hydrogen-bond acceptors (Lipinski definition) is 1. The monoisotopic (exact) mass is 382 g/mol. The summed E-state index contributed by atoms with van der Waals surface area (Å²) in [6.07, 6.45) is 0.909. The molecule has 0 aliphatic heterocycles. The molecule has 2 aromatic rings. The van der Waals surface area contributed by atoms with Gasteiger partial charge >= 0.3 is 0 Å². The summed E-state index contributed by atoms with van der Waals surface area (Å²) < 4.78 is 6.52. The maximum absolute atomic E-state index is 5.40. The van der Waals surface area contributed by atoms with Crippen LogP contribution in [0, 0.1) is 6.92 Å². The van der Waals surface area contributed by atoms with Crippen LogP contribution in [0.2, 0.25) is 0 Å². The second kappa shape index (κ2) is 6.58. The highest BCUT2D eigenvalue weighted by molar-refractivity contribution is 9.10. The number of benzene rings is 2. The molecule has 3 heteroatoms. The van der Waals surface area contributed by atoms with E-state index in [-0.39, 0.29) is 4.83 Å². The summed E-state index contributed by atoms with van der Waals surface area (Å²) in [4.78, 5) is 0.289. The van der Waals surface area contributed by atoms with Crippen molar-refractivity contribution in [2.75, 3.05) is 7.11 Å². The first-order valence-corrected chi connectivity index (χ1v) is 7.84. The van der Waals surface area contributed by atoms with Crippen LogP contribution in [0.25, 0.3) is 0 Å². The molecule has 1 atom stereocenters. The second-order valence-electron chi connectivity index (χ2n) is 4.48. The number of halogens is 2. The van der Waals surface area contributed by atoms with E-state index < -0.39 is 0 Å². The molecule has 0 saturated heterocycles. The number of alkyl halides is 1. The van der Waals surface area contributed by atoms with Gasteiger partial charge in [0.1, 0.15) is 5.75 Å². The Morgan fingerprint density at radius 3 is 2.58 bits per heavy atom. The van der Waals surface area contributed by atoms with Crippen molar-refractivity contribution in [3.63, 3.8) is 0 Å². The average Bonchev–Trinajstić information content (AvgIpc) is 2.39. The fourth-order valence-corrected chi connectivity index (χ4v) is 3.50. The van der Waals surface area contributed by atoms with Gasteiger partial charge in [-0.2, -0.15) is 0 Å². The Hall–Kier alpha value is -0.800. The van der Waals surface area contributed by atoms with Gasteiger partial charge in [-0.15, -0.1) is 0 Å². The zero-order valence-corrected chi connectivity index (χ0v) is 14.2. The highest BCUT2D eigenvalue weighted by Gasteiger charge is 2.13. The summed E-state index contributed by atoms with van der Waals surface area (Å²) in [5.41, 5.74) is 3.81. The Morgan fingerprint density at radius 1 is 1.16 bits per heavy atom. The molecule has 0 bridgehead atoms. The SMILES string of the molecule is COc1ccccc1CC(Br)c1ccc(Br)cc1C. The number of para-hydroxylation sites is 1. The predicted molar refractivity (Wildman–Crippen MR) is 87.2 cm³/mol. The number of aryl methyl sites for hydroxylation is 1. The number of ether oxygens (including phenoxy) is 1. The van der Waals surface area contributed by atoms with E-state index in [9.17, 15) is 0 Å². The van der Waals surface area contributed by atoms with Crippen LogP contribution in [0.5, 0.6) is 5.75 Å². The fraction of sp³-hybridized carbons (Fsp3) is 0.250. The Morgan fingerprint density at radius 2 is 1.89 bits per heavy atom. The number of hydrogen-bond donors (Lipinski definition) is 0. The number of methoxy groups -OCH3 is 1.